The lowest BCUT2D eigenvalue weighted by Gasteiger charge is -2.15. The predicted octanol–water partition coefficient (Wildman–Crippen LogP) is 3.31. The topological polar surface area (TPSA) is 25.2 Å². The summed E-state index contributed by atoms with van der Waals surface area (Å²) in [4.78, 5) is 0. The number of benzene rings is 1. The molecule has 0 aliphatic heterocycles. The molecule has 0 saturated heterocycles. The van der Waals surface area contributed by atoms with Gasteiger partial charge in [0, 0.05) is 11.4 Å². The van der Waals surface area contributed by atoms with Crippen molar-refractivity contribution in [3.8, 4) is 0 Å². The van der Waals surface area contributed by atoms with Gasteiger partial charge in [0.2, 0.25) is 0 Å². The number of likely N-dealkylation sites (N-methyl/N-ethyl adjacent to an activating group) is 1. The van der Waals surface area contributed by atoms with Crippen LogP contribution >= 0.6 is 0 Å². The highest BCUT2D eigenvalue weighted by Gasteiger charge is 2.08. The number of halogens is 1. The molecule has 1 unspecified atom stereocenters. The van der Waals surface area contributed by atoms with E-state index in [2.05, 4.69) is 17.4 Å². The van der Waals surface area contributed by atoms with Crippen LogP contribution in [0.15, 0.2) is 34.9 Å². The van der Waals surface area contributed by atoms with Gasteiger partial charge in [-0.25, -0.2) is 0 Å². The Morgan fingerprint density at radius 3 is 3.00 bits per heavy atom. The molecule has 3 heteroatoms. The fourth-order valence-electron chi connectivity index (χ4n) is 2.10. The largest absolute Gasteiger partial charge is 0.464 e. The molecule has 1 aromatic carbocycles. The van der Waals surface area contributed by atoms with Gasteiger partial charge in [-0.3, -0.25) is 4.39 Å². The maximum atomic E-state index is 12.2. The van der Waals surface area contributed by atoms with Crippen LogP contribution in [0.1, 0.15) is 18.4 Å². The lowest BCUT2D eigenvalue weighted by molar-refractivity contribution is 0.419. The van der Waals surface area contributed by atoms with Gasteiger partial charge in [0.05, 0.1) is 12.9 Å². The molecule has 0 radical (unpaired) electrons. The maximum Gasteiger partial charge on any atom is 0.133 e. The van der Waals surface area contributed by atoms with Gasteiger partial charge in [-0.15, -0.1) is 0 Å². The number of alkyl halides is 1. The lowest BCUT2D eigenvalue weighted by Crippen LogP contribution is -2.27. The minimum atomic E-state index is -0.237. The molecule has 17 heavy (non-hydrogen) atoms. The van der Waals surface area contributed by atoms with Crippen molar-refractivity contribution < 1.29 is 8.81 Å². The highest BCUT2D eigenvalue weighted by atomic mass is 19.1. The Morgan fingerprint density at radius 2 is 2.24 bits per heavy atom. The van der Waals surface area contributed by atoms with Crippen molar-refractivity contribution in [2.24, 2.45) is 0 Å². The lowest BCUT2D eigenvalue weighted by atomic mass is 10.0. The molecular formula is C14H18FNO. The molecule has 0 aliphatic rings. The second-order valence-corrected chi connectivity index (χ2v) is 4.31. The van der Waals surface area contributed by atoms with Crippen molar-refractivity contribution >= 4 is 11.0 Å². The highest BCUT2D eigenvalue weighted by Crippen LogP contribution is 2.18. The zero-order chi connectivity index (χ0) is 12.1. The van der Waals surface area contributed by atoms with Crippen LogP contribution in [0.25, 0.3) is 11.0 Å². The van der Waals surface area contributed by atoms with Gasteiger partial charge in [-0.1, -0.05) is 6.07 Å². The van der Waals surface area contributed by atoms with E-state index < -0.39 is 0 Å². The van der Waals surface area contributed by atoms with Crippen LogP contribution in [0.3, 0.4) is 0 Å². The smallest absolute Gasteiger partial charge is 0.133 e. The fourth-order valence-corrected chi connectivity index (χ4v) is 2.10. The van der Waals surface area contributed by atoms with E-state index in [0.717, 1.165) is 23.8 Å². The number of rotatable bonds is 6. The van der Waals surface area contributed by atoms with Crippen molar-refractivity contribution in [1.29, 1.82) is 0 Å². The summed E-state index contributed by atoms with van der Waals surface area (Å²) in [5.41, 5.74) is 2.18. The maximum absolute atomic E-state index is 12.2. The van der Waals surface area contributed by atoms with Gasteiger partial charge in [-0.05, 0) is 50.1 Å². The van der Waals surface area contributed by atoms with E-state index in [-0.39, 0.29) is 6.67 Å². The Labute approximate surface area is 101 Å². The Balaban J connectivity index is 2.05. The van der Waals surface area contributed by atoms with Crippen LogP contribution in [-0.2, 0) is 6.42 Å². The van der Waals surface area contributed by atoms with Crippen LogP contribution in [0.4, 0.5) is 4.39 Å². The standard InChI is InChI=1S/C14H18FNO/c1-16-13(3-2-7-15)10-11-4-5-14-12(9-11)6-8-17-14/h4-6,8-9,13,16H,2-3,7,10H2,1H3. The molecule has 1 aromatic heterocycles. The van der Waals surface area contributed by atoms with Crippen molar-refractivity contribution in [2.75, 3.05) is 13.7 Å². The molecule has 0 bridgehead atoms. The first-order valence-corrected chi connectivity index (χ1v) is 6.03. The van der Waals surface area contributed by atoms with Gasteiger partial charge in [0.25, 0.3) is 0 Å². The summed E-state index contributed by atoms with van der Waals surface area (Å²) < 4.78 is 17.5. The van der Waals surface area contributed by atoms with E-state index in [0.29, 0.717) is 12.5 Å². The van der Waals surface area contributed by atoms with Crippen molar-refractivity contribution in [3.05, 3.63) is 36.1 Å². The van der Waals surface area contributed by atoms with Crippen LogP contribution < -0.4 is 5.32 Å². The Bertz CT molecular complexity index is 466. The summed E-state index contributed by atoms with van der Waals surface area (Å²) in [7, 11) is 1.93. The summed E-state index contributed by atoms with van der Waals surface area (Å²) in [5.74, 6) is 0. The molecule has 0 fully saturated rings. The Kier molecular flexibility index (Phi) is 4.15. The third-order valence-corrected chi connectivity index (χ3v) is 3.09. The third-order valence-electron chi connectivity index (χ3n) is 3.09. The van der Waals surface area contributed by atoms with Crippen molar-refractivity contribution in [2.45, 2.75) is 25.3 Å². The van der Waals surface area contributed by atoms with Gasteiger partial charge < -0.3 is 9.73 Å². The summed E-state index contributed by atoms with van der Waals surface area (Å²) in [6.07, 6.45) is 4.13. The van der Waals surface area contributed by atoms with E-state index in [1.807, 2.05) is 19.2 Å². The highest BCUT2D eigenvalue weighted by molar-refractivity contribution is 5.77. The zero-order valence-corrected chi connectivity index (χ0v) is 10.1. The van der Waals surface area contributed by atoms with E-state index in [1.165, 1.54) is 5.56 Å². The Morgan fingerprint density at radius 1 is 1.35 bits per heavy atom. The molecule has 1 atom stereocenters. The molecule has 2 rings (SSSR count). The number of furan rings is 1. The summed E-state index contributed by atoms with van der Waals surface area (Å²) in [6.45, 7) is -0.237. The van der Waals surface area contributed by atoms with E-state index in [1.54, 1.807) is 6.26 Å². The molecule has 1 N–H and O–H groups in total. The second-order valence-electron chi connectivity index (χ2n) is 4.31. The minimum Gasteiger partial charge on any atom is -0.464 e. The zero-order valence-electron chi connectivity index (χ0n) is 10.1. The molecule has 0 spiro atoms. The van der Waals surface area contributed by atoms with Crippen LogP contribution in [-0.4, -0.2) is 19.8 Å². The van der Waals surface area contributed by atoms with Crippen molar-refractivity contribution in [3.63, 3.8) is 0 Å². The quantitative estimate of drug-likeness (QED) is 0.831. The van der Waals surface area contributed by atoms with Gasteiger partial charge in [-0.2, -0.15) is 0 Å². The first-order valence-electron chi connectivity index (χ1n) is 6.03. The monoisotopic (exact) mass is 235 g/mol. The third kappa shape index (κ3) is 3.07. The van der Waals surface area contributed by atoms with Gasteiger partial charge in [0.1, 0.15) is 5.58 Å². The number of fused-ring (bicyclic) bond motifs is 1. The number of hydrogen-bond acceptors (Lipinski definition) is 2. The minimum absolute atomic E-state index is 0.237. The summed E-state index contributed by atoms with van der Waals surface area (Å²) >= 11 is 0. The first kappa shape index (κ1) is 12.1. The summed E-state index contributed by atoms with van der Waals surface area (Å²) in [6, 6.07) is 8.51. The molecule has 0 aliphatic carbocycles. The van der Waals surface area contributed by atoms with Crippen LogP contribution in [0.2, 0.25) is 0 Å². The van der Waals surface area contributed by atoms with Crippen LogP contribution in [0.5, 0.6) is 0 Å². The van der Waals surface area contributed by atoms with Crippen LogP contribution in [0, 0.1) is 0 Å². The molecular weight excluding hydrogens is 217 g/mol. The second kappa shape index (κ2) is 5.82. The molecule has 2 aromatic rings. The molecule has 2 nitrogen and oxygen atoms in total. The average molecular weight is 235 g/mol. The normalized spacial score (nSPS) is 13.1. The summed E-state index contributed by atoms with van der Waals surface area (Å²) in [5, 5.41) is 4.36. The van der Waals surface area contributed by atoms with E-state index in [4.69, 9.17) is 4.42 Å². The fraction of sp³-hybridized carbons (Fsp3) is 0.429. The SMILES string of the molecule is CNC(CCCF)Cc1ccc2occc2c1. The molecule has 0 amide bonds. The van der Waals surface area contributed by atoms with Gasteiger partial charge in [0.15, 0.2) is 0 Å². The van der Waals surface area contributed by atoms with Crippen molar-refractivity contribution in [1.82, 2.24) is 5.32 Å². The van der Waals surface area contributed by atoms with E-state index >= 15 is 0 Å². The Hall–Kier alpha value is -1.35. The number of hydrogen-bond donors (Lipinski definition) is 1. The average Bonchev–Trinajstić information content (AvgIpc) is 2.81. The molecule has 92 valence electrons. The molecule has 0 saturated carbocycles. The first-order chi connectivity index (χ1) is 8.33. The predicted molar refractivity (Wildman–Crippen MR) is 68.0 cm³/mol. The van der Waals surface area contributed by atoms with Gasteiger partial charge >= 0.3 is 0 Å². The number of nitrogens with one attached hydrogen (secondary N) is 1. The molecule has 1 heterocycles. The van der Waals surface area contributed by atoms with E-state index in [9.17, 15) is 4.39 Å².